The molecule has 0 bridgehead atoms. The first-order valence-corrected chi connectivity index (χ1v) is 8.52. The first-order valence-electron chi connectivity index (χ1n) is 8.52. The topological polar surface area (TPSA) is 39.9 Å². The molecule has 128 valence electrons. The molecule has 5 heteroatoms. The van der Waals surface area contributed by atoms with Gasteiger partial charge < -0.3 is 9.30 Å². The van der Waals surface area contributed by atoms with E-state index >= 15 is 0 Å². The summed E-state index contributed by atoms with van der Waals surface area (Å²) in [6, 6.07) is 10.9. The van der Waals surface area contributed by atoms with Crippen LogP contribution < -0.4 is 0 Å². The molecule has 0 unspecified atom stereocenters. The fourth-order valence-electron chi connectivity index (χ4n) is 3.64. The van der Waals surface area contributed by atoms with Crippen molar-refractivity contribution in [1.82, 2.24) is 14.5 Å². The molecule has 0 amide bonds. The van der Waals surface area contributed by atoms with E-state index < -0.39 is 0 Å². The minimum Gasteiger partial charge on any atom is -0.381 e. The number of pyridine rings is 1. The van der Waals surface area contributed by atoms with Crippen LogP contribution in [0.3, 0.4) is 0 Å². The number of nitrogens with zero attached hydrogens (tertiary/aromatic N) is 3. The second-order valence-corrected chi connectivity index (χ2v) is 6.52. The fourth-order valence-corrected chi connectivity index (χ4v) is 3.64. The van der Waals surface area contributed by atoms with Crippen LogP contribution in [-0.4, -0.2) is 27.7 Å². The number of benzene rings is 1. The highest BCUT2D eigenvalue weighted by atomic mass is 19.1. The Morgan fingerprint density at radius 3 is 2.64 bits per heavy atom. The summed E-state index contributed by atoms with van der Waals surface area (Å²) in [7, 11) is 0. The minimum atomic E-state index is -0.191. The van der Waals surface area contributed by atoms with Crippen LogP contribution in [0.1, 0.15) is 18.4 Å². The van der Waals surface area contributed by atoms with Crippen molar-refractivity contribution in [2.45, 2.75) is 24.8 Å². The highest BCUT2D eigenvalue weighted by Gasteiger charge is 2.35. The molecule has 0 N–H and O–H groups in total. The highest BCUT2D eigenvalue weighted by Crippen LogP contribution is 2.37. The van der Waals surface area contributed by atoms with Gasteiger partial charge in [0.2, 0.25) is 0 Å². The van der Waals surface area contributed by atoms with Crippen molar-refractivity contribution in [2.75, 3.05) is 13.2 Å². The monoisotopic (exact) mass is 337 g/mol. The normalized spacial score (nSPS) is 16.7. The molecule has 3 aromatic rings. The van der Waals surface area contributed by atoms with Gasteiger partial charge >= 0.3 is 0 Å². The van der Waals surface area contributed by atoms with E-state index in [9.17, 15) is 4.39 Å². The van der Waals surface area contributed by atoms with Crippen LogP contribution in [0.5, 0.6) is 0 Å². The number of hydrogen-bond acceptors (Lipinski definition) is 3. The summed E-state index contributed by atoms with van der Waals surface area (Å²) in [5.41, 5.74) is 1.91. The molecule has 0 saturated carbocycles. The number of imidazole rings is 1. The van der Waals surface area contributed by atoms with Gasteiger partial charge in [0.25, 0.3) is 0 Å². The minimum absolute atomic E-state index is 0.150. The summed E-state index contributed by atoms with van der Waals surface area (Å²) >= 11 is 0. The van der Waals surface area contributed by atoms with Crippen molar-refractivity contribution in [2.24, 2.45) is 0 Å². The molecule has 25 heavy (non-hydrogen) atoms. The van der Waals surface area contributed by atoms with Gasteiger partial charge in [0.05, 0.1) is 0 Å². The van der Waals surface area contributed by atoms with E-state index in [-0.39, 0.29) is 11.2 Å². The molecule has 0 radical (unpaired) electrons. The molecule has 4 nitrogen and oxygen atoms in total. The lowest BCUT2D eigenvalue weighted by Gasteiger charge is -2.38. The summed E-state index contributed by atoms with van der Waals surface area (Å²) in [5, 5.41) is 0. The molecule has 1 saturated heterocycles. The Labute approximate surface area is 146 Å². The lowest BCUT2D eigenvalue weighted by Crippen LogP contribution is -2.38. The molecule has 1 fully saturated rings. The quantitative estimate of drug-likeness (QED) is 0.726. The average Bonchev–Trinajstić information content (AvgIpc) is 3.11. The van der Waals surface area contributed by atoms with Gasteiger partial charge in [0, 0.05) is 55.5 Å². The van der Waals surface area contributed by atoms with Gasteiger partial charge in [0.1, 0.15) is 11.6 Å². The van der Waals surface area contributed by atoms with Crippen LogP contribution in [0.2, 0.25) is 0 Å². The zero-order valence-corrected chi connectivity index (χ0v) is 13.9. The molecule has 1 aliphatic heterocycles. The van der Waals surface area contributed by atoms with E-state index in [4.69, 9.17) is 4.74 Å². The number of rotatable bonds is 4. The predicted octanol–water partition coefficient (Wildman–Crippen LogP) is 3.83. The first kappa shape index (κ1) is 16.0. The SMILES string of the molecule is Fc1cccc(C2(Cn3ccnc3-c3ccncc3)CCOCC2)c1. The molecule has 0 atom stereocenters. The molecule has 4 rings (SSSR count). The fraction of sp³-hybridized carbons (Fsp3) is 0.300. The number of aromatic nitrogens is 3. The Bertz CT molecular complexity index is 841. The molecule has 0 spiro atoms. The summed E-state index contributed by atoms with van der Waals surface area (Å²) < 4.78 is 21.6. The zero-order chi connectivity index (χ0) is 17.1. The third-order valence-electron chi connectivity index (χ3n) is 5.01. The first-order chi connectivity index (χ1) is 12.3. The molecular weight excluding hydrogens is 317 g/mol. The molecular formula is C20H20FN3O. The molecule has 0 aliphatic carbocycles. The van der Waals surface area contributed by atoms with Gasteiger partial charge in [-0.25, -0.2) is 9.37 Å². The van der Waals surface area contributed by atoms with Crippen LogP contribution in [0.4, 0.5) is 4.39 Å². The Morgan fingerprint density at radius 2 is 1.88 bits per heavy atom. The number of hydrogen-bond donors (Lipinski definition) is 0. The summed E-state index contributed by atoms with van der Waals surface area (Å²) in [4.78, 5) is 8.60. The van der Waals surface area contributed by atoms with E-state index in [1.54, 1.807) is 24.5 Å². The second-order valence-electron chi connectivity index (χ2n) is 6.52. The van der Waals surface area contributed by atoms with Crippen molar-refractivity contribution in [3.8, 4) is 11.4 Å². The predicted molar refractivity (Wildman–Crippen MR) is 93.6 cm³/mol. The van der Waals surface area contributed by atoms with Crippen molar-refractivity contribution in [1.29, 1.82) is 0 Å². The molecule has 1 aliphatic rings. The van der Waals surface area contributed by atoms with E-state index in [2.05, 4.69) is 14.5 Å². The Kier molecular flexibility index (Phi) is 4.32. The standard InChI is InChI=1S/C20H20FN3O/c21-18-3-1-2-17(14-18)20(6-12-25-13-7-20)15-24-11-10-23-19(24)16-4-8-22-9-5-16/h1-5,8-11,14H,6-7,12-13,15H2. The van der Waals surface area contributed by atoms with Gasteiger partial charge in [0.15, 0.2) is 0 Å². The second kappa shape index (κ2) is 6.76. The maximum absolute atomic E-state index is 13.9. The molecule has 1 aromatic carbocycles. The van der Waals surface area contributed by atoms with Crippen molar-refractivity contribution in [3.05, 3.63) is 72.6 Å². The van der Waals surface area contributed by atoms with Crippen LogP contribution in [0.25, 0.3) is 11.4 Å². The van der Waals surface area contributed by atoms with Gasteiger partial charge in [-0.05, 0) is 42.7 Å². The Balaban J connectivity index is 1.73. The van der Waals surface area contributed by atoms with Crippen LogP contribution in [-0.2, 0) is 16.7 Å². The van der Waals surface area contributed by atoms with E-state index in [1.165, 1.54) is 6.07 Å². The van der Waals surface area contributed by atoms with E-state index in [1.807, 2.05) is 30.6 Å². The number of halogens is 1. The van der Waals surface area contributed by atoms with Crippen LogP contribution >= 0.6 is 0 Å². The van der Waals surface area contributed by atoms with Crippen LogP contribution in [0, 0.1) is 5.82 Å². The van der Waals surface area contributed by atoms with E-state index in [0.29, 0.717) is 13.2 Å². The van der Waals surface area contributed by atoms with Gasteiger partial charge in [-0.1, -0.05) is 12.1 Å². The summed E-state index contributed by atoms with van der Waals surface area (Å²) in [6.45, 7) is 2.13. The lowest BCUT2D eigenvalue weighted by molar-refractivity contribution is 0.0435. The smallest absolute Gasteiger partial charge is 0.140 e. The maximum Gasteiger partial charge on any atom is 0.140 e. The zero-order valence-electron chi connectivity index (χ0n) is 13.9. The average molecular weight is 337 g/mol. The van der Waals surface area contributed by atoms with Crippen molar-refractivity contribution >= 4 is 0 Å². The van der Waals surface area contributed by atoms with Crippen LogP contribution in [0.15, 0.2) is 61.2 Å². The molecule has 3 heterocycles. The summed E-state index contributed by atoms with van der Waals surface area (Å²) in [6.07, 6.45) is 9.08. The summed E-state index contributed by atoms with van der Waals surface area (Å²) in [5.74, 6) is 0.716. The third-order valence-corrected chi connectivity index (χ3v) is 5.01. The van der Waals surface area contributed by atoms with Gasteiger partial charge in [-0.3, -0.25) is 4.98 Å². The lowest BCUT2D eigenvalue weighted by atomic mass is 9.74. The molecule has 2 aromatic heterocycles. The Morgan fingerprint density at radius 1 is 1.08 bits per heavy atom. The number of ether oxygens (including phenoxy) is 1. The Hall–Kier alpha value is -2.53. The van der Waals surface area contributed by atoms with Crippen molar-refractivity contribution < 1.29 is 9.13 Å². The highest BCUT2D eigenvalue weighted by molar-refractivity contribution is 5.54. The van der Waals surface area contributed by atoms with Gasteiger partial charge in [-0.2, -0.15) is 0 Å². The van der Waals surface area contributed by atoms with E-state index in [0.717, 1.165) is 36.3 Å². The van der Waals surface area contributed by atoms with Crippen molar-refractivity contribution in [3.63, 3.8) is 0 Å². The third kappa shape index (κ3) is 3.20. The maximum atomic E-state index is 13.9. The van der Waals surface area contributed by atoms with Gasteiger partial charge in [-0.15, -0.1) is 0 Å². The largest absolute Gasteiger partial charge is 0.381 e.